The molecule has 2 aromatic carbocycles. The van der Waals surface area contributed by atoms with Gasteiger partial charge in [0.25, 0.3) is 5.69 Å². The first kappa shape index (κ1) is 19.1. The van der Waals surface area contributed by atoms with Crippen LogP contribution in [0.3, 0.4) is 0 Å². The second kappa shape index (κ2) is 8.32. The molecule has 1 heterocycles. The first-order valence-corrected chi connectivity index (χ1v) is 8.77. The Bertz CT molecular complexity index is 856. The molecule has 142 valence electrons. The van der Waals surface area contributed by atoms with Gasteiger partial charge >= 0.3 is 0 Å². The Hall–Kier alpha value is -2.71. The van der Waals surface area contributed by atoms with Crippen LogP contribution in [0.15, 0.2) is 42.5 Å². The number of non-ortho nitro benzene ring substituents is 1. The predicted molar refractivity (Wildman–Crippen MR) is 102 cm³/mol. The number of piperazine rings is 1. The minimum Gasteiger partial charge on any atom is -0.368 e. The van der Waals surface area contributed by atoms with Crippen molar-refractivity contribution >= 4 is 34.6 Å². The maximum Gasteiger partial charge on any atom is 0.271 e. The summed E-state index contributed by atoms with van der Waals surface area (Å²) in [5.41, 5.74) is 1.12. The standard InChI is InChI=1S/C18H18ClFN4O3/c19-16-11-15(24(26)27)4-5-17(16)23-8-6-22(7-9-23)12-18(25)21-14-3-1-2-13(20)10-14/h1-5,10-11H,6-9,12H2,(H,21,25). The lowest BCUT2D eigenvalue weighted by Crippen LogP contribution is -2.48. The second-order valence-corrected chi connectivity index (χ2v) is 6.62. The van der Waals surface area contributed by atoms with Crippen LogP contribution in [-0.2, 0) is 4.79 Å². The first-order valence-electron chi connectivity index (χ1n) is 8.39. The molecule has 0 aliphatic carbocycles. The molecular formula is C18H18ClFN4O3. The number of amides is 1. The van der Waals surface area contributed by atoms with Crippen molar-refractivity contribution in [2.75, 3.05) is 42.9 Å². The molecule has 0 atom stereocenters. The van der Waals surface area contributed by atoms with Crippen LogP contribution < -0.4 is 10.2 Å². The SMILES string of the molecule is O=C(CN1CCN(c2ccc([N+](=O)[O-])cc2Cl)CC1)Nc1cccc(F)c1. The quantitative estimate of drug-likeness (QED) is 0.624. The maximum absolute atomic E-state index is 13.2. The third-order valence-electron chi connectivity index (χ3n) is 4.33. The summed E-state index contributed by atoms with van der Waals surface area (Å²) in [6.07, 6.45) is 0. The molecular weight excluding hydrogens is 375 g/mol. The minimum absolute atomic E-state index is 0.0450. The van der Waals surface area contributed by atoms with Crippen LogP contribution in [-0.4, -0.2) is 48.5 Å². The summed E-state index contributed by atoms with van der Waals surface area (Å²) in [6, 6.07) is 10.2. The van der Waals surface area contributed by atoms with Crippen LogP contribution in [0, 0.1) is 15.9 Å². The molecule has 1 N–H and O–H groups in total. The van der Waals surface area contributed by atoms with Crippen LogP contribution in [0.2, 0.25) is 5.02 Å². The summed E-state index contributed by atoms with van der Waals surface area (Å²) in [7, 11) is 0. The predicted octanol–water partition coefficient (Wildman–Crippen LogP) is 3.15. The lowest BCUT2D eigenvalue weighted by atomic mass is 10.2. The van der Waals surface area contributed by atoms with Crippen molar-refractivity contribution in [3.8, 4) is 0 Å². The van der Waals surface area contributed by atoms with E-state index < -0.39 is 10.7 Å². The number of carbonyl (C=O) groups is 1. The van der Waals surface area contributed by atoms with Gasteiger partial charge in [-0.2, -0.15) is 0 Å². The van der Waals surface area contributed by atoms with Crippen molar-refractivity contribution in [3.63, 3.8) is 0 Å². The topological polar surface area (TPSA) is 78.7 Å². The fraction of sp³-hybridized carbons (Fsp3) is 0.278. The molecule has 0 spiro atoms. The zero-order valence-corrected chi connectivity index (χ0v) is 15.2. The molecule has 3 rings (SSSR count). The summed E-state index contributed by atoms with van der Waals surface area (Å²) >= 11 is 6.18. The summed E-state index contributed by atoms with van der Waals surface area (Å²) in [5.74, 6) is -0.608. The van der Waals surface area contributed by atoms with Crippen LogP contribution in [0.25, 0.3) is 0 Å². The molecule has 0 unspecified atom stereocenters. The van der Waals surface area contributed by atoms with Gasteiger partial charge in [-0.3, -0.25) is 19.8 Å². The highest BCUT2D eigenvalue weighted by Crippen LogP contribution is 2.30. The molecule has 1 aliphatic heterocycles. The van der Waals surface area contributed by atoms with Crippen LogP contribution in [0.1, 0.15) is 0 Å². The van der Waals surface area contributed by atoms with Gasteiger partial charge in [-0.05, 0) is 24.3 Å². The average Bonchev–Trinajstić information content (AvgIpc) is 2.62. The van der Waals surface area contributed by atoms with Crippen LogP contribution in [0.4, 0.5) is 21.5 Å². The van der Waals surface area contributed by atoms with Gasteiger partial charge in [0.05, 0.1) is 22.2 Å². The van der Waals surface area contributed by atoms with E-state index >= 15 is 0 Å². The van der Waals surface area contributed by atoms with Gasteiger partial charge in [0.1, 0.15) is 5.82 Å². The van der Waals surface area contributed by atoms with Crippen molar-refractivity contribution in [1.29, 1.82) is 0 Å². The number of halogens is 2. The molecule has 2 aromatic rings. The van der Waals surface area contributed by atoms with Crippen molar-refractivity contribution in [2.45, 2.75) is 0 Å². The maximum atomic E-state index is 13.2. The Morgan fingerprint density at radius 1 is 1.19 bits per heavy atom. The van der Waals surface area contributed by atoms with Gasteiger partial charge in [-0.1, -0.05) is 17.7 Å². The minimum atomic E-state index is -0.481. The molecule has 1 amide bonds. The highest BCUT2D eigenvalue weighted by Gasteiger charge is 2.21. The smallest absolute Gasteiger partial charge is 0.271 e. The van der Waals surface area contributed by atoms with Gasteiger partial charge in [-0.25, -0.2) is 4.39 Å². The normalized spacial score (nSPS) is 14.8. The van der Waals surface area contributed by atoms with Gasteiger partial charge in [0, 0.05) is 44.0 Å². The van der Waals surface area contributed by atoms with Crippen molar-refractivity contribution < 1.29 is 14.1 Å². The molecule has 1 fully saturated rings. The monoisotopic (exact) mass is 392 g/mol. The number of benzene rings is 2. The van der Waals surface area contributed by atoms with Crippen molar-refractivity contribution in [3.05, 3.63) is 63.4 Å². The molecule has 0 aromatic heterocycles. The number of nitrogens with one attached hydrogen (secondary N) is 1. The summed E-state index contributed by atoms with van der Waals surface area (Å²) in [5, 5.41) is 13.8. The molecule has 9 heteroatoms. The zero-order valence-electron chi connectivity index (χ0n) is 14.4. The van der Waals surface area contributed by atoms with Gasteiger partial charge < -0.3 is 10.2 Å². The lowest BCUT2D eigenvalue weighted by Gasteiger charge is -2.36. The number of anilines is 2. The van der Waals surface area contributed by atoms with Crippen molar-refractivity contribution in [2.24, 2.45) is 0 Å². The van der Waals surface area contributed by atoms with E-state index in [0.29, 0.717) is 36.9 Å². The average molecular weight is 393 g/mol. The number of hydrogen-bond donors (Lipinski definition) is 1. The number of nitro groups is 1. The number of rotatable bonds is 5. The van der Waals surface area contributed by atoms with Gasteiger partial charge in [0.15, 0.2) is 0 Å². The molecule has 0 bridgehead atoms. The van der Waals surface area contributed by atoms with Gasteiger partial charge in [0.2, 0.25) is 5.91 Å². The Balaban J connectivity index is 1.53. The van der Waals surface area contributed by atoms with E-state index in [9.17, 15) is 19.3 Å². The molecule has 0 radical (unpaired) electrons. The third kappa shape index (κ3) is 4.93. The number of hydrogen-bond acceptors (Lipinski definition) is 5. The number of nitrogens with zero attached hydrogens (tertiary/aromatic N) is 3. The number of nitro benzene ring substituents is 1. The summed E-state index contributed by atoms with van der Waals surface area (Å²) in [6.45, 7) is 2.78. The van der Waals surface area contributed by atoms with Crippen LogP contribution in [0.5, 0.6) is 0 Å². The zero-order chi connectivity index (χ0) is 19.4. The fourth-order valence-corrected chi connectivity index (χ4v) is 3.28. The van der Waals surface area contributed by atoms with E-state index in [1.165, 1.54) is 30.3 Å². The molecule has 27 heavy (non-hydrogen) atoms. The number of carbonyl (C=O) groups excluding carboxylic acids is 1. The van der Waals surface area contributed by atoms with Crippen LogP contribution >= 0.6 is 11.6 Å². The summed E-state index contributed by atoms with van der Waals surface area (Å²) < 4.78 is 13.2. The Morgan fingerprint density at radius 3 is 2.56 bits per heavy atom. The first-order chi connectivity index (χ1) is 12.9. The highest BCUT2D eigenvalue weighted by atomic mass is 35.5. The third-order valence-corrected chi connectivity index (χ3v) is 4.63. The van der Waals surface area contributed by atoms with Crippen molar-refractivity contribution in [1.82, 2.24) is 4.90 Å². The molecule has 7 nitrogen and oxygen atoms in total. The molecule has 1 saturated heterocycles. The van der Waals surface area contributed by atoms with E-state index in [4.69, 9.17) is 11.6 Å². The van der Waals surface area contributed by atoms with E-state index in [2.05, 4.69) is 5.32 Å². The van der Waals surface area contributed by atoms with E-state index in [-0.39, 0.29) is 18.1 Å². The highest BCUT2D eigenvalue weighted by molar-refractivity contribution is 6.33. The Labute approximate surface area is 160 Å². The largest absolute Gasteiger partial charge is 0.368 e. The Morgan fingerprint density at radius 2 is 1.93 bits per heavy atom. The lowest BCUT2D eigenvalue weighted by molar-refractivity contribution is -0.384. The van der Waals surface area contributed by atoms with Gasteiger partial charge in [-0.15, -0.1) is 0 Å². The Kier molecular flexibility index (Phi) is 5.88. The molecule has 1 aliphatic rings. The second-order valence-electron chi connectivity index (χ2n) is 6.21. The van der Waals surface area contributed by atoms with E-state index in [0.717, 1.165) is 5.69 Å². The summed E-state index contributed by atoms with van der Waals surface area (Å²) in [4.78, 5) is 26.5. The molecule has 0 saturated carbocycles. The van der Waals surface area contributed by atoms with E-state index in [1.807, 2.05) is 9.80 Å². The fourth-order valence-electron chi connectivity index (χ4n) is 2.98. The van der Waals surface area contributed by atoms with E-state index in [1.54, 1.807) is 12.1 Å².